The van der Waals surface area contributed by atoms with Gasteiger partial charge in [-0.25, -0.2) is 4.79 Å². The molecule has 27 N–H and O–H groups in total. The van der Waals surface area contributed by atoms with Gasteiger partial charge in [0.1, 0.15) is 27.7 Å². The van der Waals surface area contributed by atoms with Gasteiger partial charge in [0.25, 0.3) is 0 Å². The van der Waals surface area contributed by atoms with Crippen LogP contribution in [0.4, 0.5) is 0 Å². The van der Waals surface area contributed by atoms with E-state index >= 15 is 0 Å². The monoisotopic (exact) mass is 1360 g/mol. The third-order valence-corrected chi connectivity index (χ3v) is 12.2. The SMILES string of the molecule is CC(C)(N)C(=O)O.CCC(N)(CC)C(=O)O.CN(C)CC(=O)O.CN1CCC(C(=O)O)CC1.CNC(C)(C)C(=O)O.CNCC(=O)O.C[N+](C)(C)CC(=O)O.NC1(C(=O)O)CC1.NC1(C(=O)O)CCCC1.NCC(=O)O.NCCC(=O)O.O=C(O)C1CCNCC1.[Cl-]. The van der Waals surface area contributed by atoms with Gasteiger partial charge in [-0.05, 0) is 153 Å². The molecular formula is C55H115ClN12O24. The molecule has 0 atom stereocenters. The van der Waals surface area contributed by atoms with Crippen LogP contribution < -0.4 is 62.8 Å². The van der Waals surface area contributed by atoms with Gasteiger partial charge in [0.15, 0.2) is 6.54 Å². The van der Waals surface area contributed by atoms with Crippen LogP contribution in [0.5, 0.6) is 0 Å². The van der Waals surface area contributed by atoms with Crippen LogP contribution in [0.1, 0.15) is 125 Å². The molecule has 0 amide bonds. The van der Waals surface area contributed by atoms with Gasteiger partial charge in [0, 0.05) is 6.54 Å². The first-order chi connectivity index (χ1) is 41.2. The number of likely N-dealkylation sites (tertiary alicyclic amines) is 1. The minimum atomic E-state index is -1.08. The van der Waals surface area contributed by atoms with E-state index in [-0.39, 0.29) is 63.4 Å². The van der Waals surface area contributed by atoms with Gasteiger partial charge in [0.05, 0.1) is 59.0 Å². The number of carboxylic acids is 12. The molecule has 0 unspecified atom stereocenters. The molecule has 92 heavy (non-hydrogen) atoms. The summed E-state index contributed by atoms with van der Waals surface area (Å²) in [6.45, 7) is 13.5. The zero-order chi connectivity index (χ0) is 73.9. The third-order valence-electron chi connectivity index (χ3n) is 12.2. The smallest absolute Gasteiger partial charge is 0.359 e. The molecule has 2 aliphatic heterocycles. The van der Waals surface area contributed by atoms with Crippen molar-refractivity contribution in [1.82, 2.24) is 25.8 Å². The van der Waals surface area contributed by atoms with Crippen LogP contribution in [-0.2, 0) is 57.5 Å². The number of aliphatic carboxylic acids is 12. The summed E-state index contributed by atoms with van der Waals surface area (Å²) in [5.41, 5.74) is 26.0. The Balaban J connectivity index is -0.000000117. The zero-order valence-electron chi connectivity index (χ0n) is 56.2. The predicted octanol–water partition coefficient (Wildman–Crippen LogP) is -4.99. The summed E-state index contributed by atoms with van der Waals surface area (Å²) in [7, 11) is 14.2. The Morgan fingerprint density at radius 1 is 0.587 bits per heavy atom. The second-order valence-electron chi connectivity index (χ2n) is 23.2. The van der Waals surface area contributed by atoms with Crippen molar-refractivity contribution >= 4 is 71.6 Å². The van der Waals surface area contributed by atoms with Gasteiger partial charge < -0.3 is 133 Å². The highest BCUT2D eigenvalue weighted by molar-refractivity contribution is 5.82. The summed E-state index contributed by atoms with van der Waals surface area (Å²) in [5.74, 6) is -10.1. The van der Waals surface area contributed by atoms with E-state index in [4.69, 9.17) is 89.9 Å². The number of rotatable bonds is 19. The topological polar surface area (TPSA) is 646 Å². The quantitative estimate of drug-likeness (QED) is 0.0539. The van der Waals surface area contributed by atoms with Gasteiger partial charge in [-0.3, -0.25) is 57.6 Å². The standard InChI is InChI=1S/C7H13NO2.2C6H11NO2.C6H13NO2.2C5H11NO2.C4H7NO2.2C4H9NO2.2C3H7NO2.C2H5NO2.ClH/c1-8-4-2-6(3-5-8)7(9)10;8-6(9)5-1-3-7-4-2-5;7-6(5(8)9)3-1-2-4-6;1-3-6(7,4-2)5(8)9;1-6(2,3)4-5(7)8;1-5(2,6-3)4(7)8;5-4(1-2-4)3(6)7;1-5(2)3-4(6)7;1-4(2,5)3(6)7;1-4-2-3(5)6;4-2-1-3(5)6;3-1-2(4)5;/h6H,2-5H2,1H3,(H,9,10);5,7H,1-4H2,(H,8,9);1-4,7H2,(H,8,9);3-4,7H2,1-2H3,(H,8,9);4H2,1-3H3;6H,1-3H3,(H,7,8);1-2,5H2,(H,6,7);3H2,1-2H3,(H,6,7);5H2,1-2H3,(H,6,7);4H,2H2,1H3,(H,5,6);1-2,4H2,(H,5,6);1,3H2,(H,4,5);1H. The molecule has 2 heterocycles. The molecule has 4 rings (SSSR count). The molecule has 0 spiro atoms. The fourth-order valence-electron chi connectivity index (χ4n) is 5.50. The van der Waals surface area contributed by atoms with Crippen LogP contribution in [-0.4, -0.2) is 290 Å². The fourth-order valence-corrected chi connectivity index (χ4v) is 5.50. The van der Waals surface area contributed by atoms with Crippen LogP contribution in [0.3, 0.4) is 0 Å². The van der Waals surface area contributed by atoms with E-state index in [1.165, 1.54) is 13.8 Å². The largest absolute Gasteiger partial charge is 1.00 e. The van der Waals surface area contributed by atoms with Crippen molar-refractivity contribution in [3.8, 4) is 0 Å². The van der Waals surface area contributed by atoms with E-state index in [0.29, 0.717) is 43.0 Å². The average Bonchev–Trinajstić information content (AvgIpc) is 1.86. The molecule has 2 saturated heterocycles. The Kier molecular flexibility index (Phi) is 63.5. The number of hydrogen-bond acceptors (Lipinski definition) is 23. The second kappa shape index (κ2) is 56.0. The lowest BCUT2D eigenvalue weighted by Crippen LogP contribution is -3.00. The summed E-state index contributed by atoms with van der Waals surface area (Å²) in [4.78, 5) is 123. The molecule has 4 fully saturated rings. The van der Waals surface area contributed by atoms with E-state index in [9.17, 15) is 57.5 Å². The van der Waals surface area contributed by atoms with Crippen molar-refractivity contribution in [3.63, 3.8) is 0 Å². The highest BCUT2D eigenvalue weighted by Gasteiger charge is 2.46. The first kappa shape index (κ1) is 104. The van der Waals surface area contributed by atoms with E-state index < -0.39 is 99.3 Å². The average molecular weight is 1360 g/mol. The Labute approximate surface area is 545 Å². The summed E-state index contributed by atoms with van der Waals surface area (Å²) in [6, 6.07) is 0. The second-order valence-corrected chi connectivity index (χ2v) is 23.2. The van der Waals surface area contributed by atoms with E-state index in [2.05, 4.69) is 26.6 Å². The molecule has 546 valence electrons. The van der Waals surface area contributed by atoms with Crippen molar-refractivity contribution in [2.24, 2.45) is 46.2 Å². The Bertz CT molecular complexity index is 2060. The first-order valence-corrected chi connectivity index (χ1v) is 28.6. The fraction of sp³-hybridized carbons (Fsp3) is 0.782. The molecule has 0 aromatic carbocycles. The number of nitrogens with two attached hydrogens (primary N) is 6. The lowest BCUT2D eigenvalue weighted by molar-refractivity contribution is -0.862. The number of quaternary nitrogens is 1. The highest BCUT2D eigenvalue weighted by atomic mass is 35.5. The van der Waals surface area contributed by atoms with E-state index in [1.54, 1.807) is 60.8 Å². The number of piperidine rings is 2. The first-order valence-electron chi connectivity index (χ1n) is 28.6. The van der Waals surface area contributed by atoms with Gasteiger partial charge >= 0.3 is 71.6 Å². The molecule has 2 aliphatic carbocycles. The van der Waals surface area contributed by atoms with E-state index in [0.717, 1.165) is 64.7 Å². The maximum absolute atomic E-state index is 10.4. The molecule has 0 radical (unpaired) electrons. The number of carbonyl (C=O) groups is 12. The lowest BCUT2D eigenvalue weighted by atomic mass is 9.95. The number of nitrogens with one attached hydrogen (secondary N) is 3. The van der Waals surface area contributed by atoms with Crippen molar-refractivity contribution < 1.29 is 136 Å². The zero-order valence-corrected chi connectivity index (χ0v) is 56.9. The lowest BCUT2D eigenvalue weighted by Gasteiger charge is -2.25. The summed E-state index contributed by atoms with van der Waals surface area (Å²) in [5, 5.41) is 107. The van der Waals surface area contributed by atoms with Crippen LogP contribution in [0.15, 0.2) is 0 Å². The van der Waals surface area contributed by atoms with Crippen LogP contribution in [0, 0.1) is 11.8 Å². The molecule has 0 aromatic heterocycles. The van der Waals surface area contributed by atoms with Crippen molar-refractivity contribution in [1.29, 1.82) is 0 Å². The number of carboxylic acid groups (broad SMARTS) is 12. The molecule has 36 nitrogen and oxygen atoms in total. The predicted molar refractivity (Wildman–Crippen MR) is 336 cm³/mol. The Morgan fingerprint density at radius 2 is 0.946 bits per heavy atom. The third kappa shape index (κ3) is 70.9. The van der Waals surface area contributed by atoms with Gasteiger partial charge in [-0.15, -0.1) is 0 Å². The van der Waals surface area contributed by atoms with Gasteiger partial charge in [-0.2, -0.15) is 0 Å². The van der Waals surface area contributed by atoms with Crippen molar-refractivity contribution in [2.45, 2.75) is 153 Å². The number of nitrogens with zero attached hydrogens (tertiary/aromatic N) is 3. The van der Waals surface area contributed by atoms with E-state index in [1.807, 2.05) is 28.2 Å². The maximum Gasteiger partial charge on any atom is 0.359 e. The number of halogens is 1. The Morgan fingerprint density at radius 3 is 1.04 bits per heavy atom. The molecule has 0 bridgehead atoms. The molecule has 0 aromatic rings. The summed E-state index contributed by atoms with van der Waals surface area (Å²) in [6.07, 6.45) is 8.72. The molecule has 4 aliphatic rings. The molecule has 2 saturated carbocycles. The van der Waals surface area contributed by atoms with Crippen molar-refractivity contribution in [2.75, 3.05) is 115 Å². The van der Waals surface area contributed by atoms with Crippen LogP contribution in [0.2, 0.25) is 0 Å². The minimum absolute atomic E-state index is 0. The number of hydrogen-bond donors (Lipinski definition) is 21. The maximum atomic E-state index is 10.4. The Hall–Kier alpha value is -6.55. The molecular weight excluding hydrogens is 1250 g/mol. The highest BCUT2D eigenvalue weighted by Crippen LogP contribution is 2.31. The minimum Gasteiger partial charge on any atom is -1.00 e. The normalized spacial score (nSPS) is 15.0. The summed E-state index contributed by atoms with van der Waals surface area (Å²) < 4.78 is 0.481. The number of likely N-dealkylation sites (N-methyl/N-ethyl adjacent to an activating group) is 4. The van der Waals surface area contributed by atoms with Gasteiger partial charge in [0.2, 0.25) is 0 Å². The van der Waals surface area contributed by atoms with Gasteiger partial charge in [-0.1, -0.05) is 26.7 Å². The van der Waals surface area contributed by atoms with Crippen molar-refractivity contribution in [3.05, 3.63) is 0 Å². The van der Waals surface area contributed by atoms with Crippen LogP contribution >= 0.6 is 0 Å². The van der Waals surface area contributed by atoms with Crippen LogP contribution in [0.25, 0.3) is 0 Å². The molecule has 37 heteroatoms. The summed E-state index contributed by atoms with van der Waals surface area (Å²) >= 11 is 0.